The highest BCUT2D eigenvalue weighted by molar-refractivity contribution is 5.66. The number of hydrogen-bond donors (Lipinski definition) is 1. The highest BCUT2D eigenvalue weighted by atomic mass is 16.5. The lowest BCUT2D eigenvalue weighted by Gasteiger charge is -2.10. The van der Waals surface area contributed by atoms with E-state index in [-0.39, 0.29) is 12.5 Å². The van der Waals surface area contributed by atoms with Crippen LogP contribution in [0.2, 0.25) is 0 Å². The van der Waals surface area contributed by atoms with Crippen molar-refractivity contribution < 1.29 is 14.6 Å². The molecule has 0 aromatic heterocycles. The van der Waals surface area contributed by atoms with Crippen LogP contribution in [0.4, 0.5) is 0 Å². The summed E-state index contributed by atoms with van der Waals surface area (Å²) >= 11 is 0. The van der Waals surface area contributed by atoms with Gasteiger partial charge in [0.25, 0.3) is 0 Å². The molecule has 1 aromatic rings. The number of aliphatic carboxylic acids is 1. The molecule has 17 heavy (non-hydrogen) atoms. The van der Waals surface area contributed by atoms with Gasteiger partial charge in [-0.25, -0.2) is 0 Å². The fourth-order valence-electron chi connectivity index (χ4n) is 1.65. The minimum absolute atomic E-state index is 0.178. The van der Waals surface area contributed by atoms with Gasteiger partial charge in [0.2, 0.25) is 0 Å². The number of carbonyl (C=O) groups is 1. The van der Waals surface area contributed by atoms with Crippen LogP contribution in [-0.2, 0) is 11.2 Å². The molecule has 3 heteroatoms. The average Bonchev–Trinajstić information content (AvgIpc) is 2.24. The molecule has 1 N–H and O–H groups in total. The zero-order chi connectivity index (χ0) is 12.7. The summed E-state index contributed by atoms with van der Waals surface area (Å²) in [4.78, 5) is 10.4. The van der Waals surface area contributed by atoms with Gasteiger partial charge >= 0.3 is 5.97 Å². The van der Waals surface area contributed by atoms with E-state index in [0.717, 1.165) is 25.0 Å². The van der Waals surface area contributed by atoms with Crippen molar-refractivity contribution in [3.8, 4) is 5.75 Å². The first-order valence-electron chi connectivity index (χ1n) is 6.05. The number of hydrogen-bond acceptors (Lipinski definition) is 2. The van der Waals surface area contributed by atoms with Crippen LogP contribution in [0.15, 0.2) is 24.3 Å². The van der Waals surface area contributed by atoms with Crippen LogP contribution in [0.1, 0.15) is 38.7 Å². The maximum Gasteiger partial charge on any atom is 0.303 e. The monoisotopic (exact) mass is 236 g/mol. The van der Waals surface area contributed by atoms with E-state index in [1.165, 1.54) is 5.56 Å². The van der Waals surface area contributed by atoms with Crippen LogP contribution in [0.5, 0.6) is 5.75 Å². The molecule has 3 nitrogen and oxygen atoms in total. The molecular weight excluding hydrogens is 216 g/mol. The third-order valence-electron chi connectivity index (χ3n) is 2.38. The minimum atomic E-state index is -0.720. The molecule has 1 rings (SSSR count). The maximum atomic E-state index is 10.4. The van der Waals surface area contributed by atoms with Crippen LogP contribution in [-0.4, -0.2) is 17.2 Å². The highest BCUT2D eigenvalue weighted by Gasteiger charge is 2.01. The largest absolute Gasteiger partial charge is 0.491 e. The number of benzene rings is 1. The summed E-state index contributed by atoms with van der Waals surface area (Å²) in [7, 11) is 0. The van der Waals surface area contributed by atoms with Gasteiger partial charge in [0.15, 0.2) is 0 Å². The molecule has 0 fully saturated rings. The smallest absolute Gasteiger partial charge is 0.303 e. The van der Waals surface area contributed by atoms with Crippen LogP contribution < -0.4 is 4.74 Å². The molecule has 0 aliphatic heterocycles. The molecule has 0 saturated heterocycles. The van der Waals surface area contributed by atoms with E-state index in [1.54, 1.807) is 0 Å². The normalized spacial score (nSPS) is 10.5. The maximum absolute atomic E-state index is 10.4. The van der Waals surface area contributed by atoms with Crippen LogP contribution in [0, 0.1) is 0 Å². The molecule has 1 aromatic carbocycles. The Morgan fingerprint density at radius 3 is 2.76 bits per heavy atom. The van der Waals surface area contributed by atoms with Crippen molar-refractivity contribution >= 4 is 5.97 Å². The molecular formula is C14H20O3. The van der Waals surface area contributed by atoms with Crippen LogP contribution in [0.25, 0.3) is 0 Å². The summed E-state index contributed by atoms with van der Waals surface area (Å²) < 4.78 is 5.61. The fraction of sp³-hybridized carbons (Fsp3) is 0.500. The molecule has 0 atom stereocenters. The number of ether oxygens (including phenoxy) is 1. The van der Waals surface area contributed by atoms with Crippen molar-refractivity contribution in [2.45, 2.75) is 45.6 Å². The van der Waals surface area contributed by atoms with Gasteiger partial charge in [-0.2, -0.15) is 0 Å². The predicted molar refractivity (Wildman–Crippen MR) is 67.4 cm³/mol. The quantitative estimate of drug-likeness (QED) is 0.739. The first kappa shape index (κ1) is 13.6. The third-order valence-corrected chi connectivity index (χ3v) is 2.38. The Kier molecular flexibility index (Phi) is 5.53. The molecule has 0 bridgehead atoms. The van der Waals surface area contributed by atoms with Crippen molar-refractivity contribution in [2.24, 2.45) is 0 Å². The lowest BCUT2D eigenvalue weighted by atomic mass is 10.1. The summed E-state index contributed by atoms with van der Waals surface area (Å²) in [6, 6.07) is 8.00. The molecule has 0 radical (unpaired) electrons. The molecule has 0 spiro atoms. The van der Waals surface area contributed by atoms with Gasteiger partial charge in [0.05, 0.1) is 6.10 Å². The predicted octanol–water partition coefficient (Wildman–Crippen LogP) is 3.27. The van der Waals surface area contributed by atoms with E-state index in [4.69, 9.17) is 9.84 Å². The second-order valence-electron chi connectivity index (χ2n) is 4.41. The van der Waals surface area contributed by atoms with Crippen molar-refractivity contribution in [2.75, 3.05) is 0 Å². The third kappa shape index (κ3) is 5.95. The Labute approximate surface area is 102 Å². The average molecular weight is 236 g/mol. The van der Waals surface area contributed by atoms with E-state index < -0.39 is 5.97 Å². The molecule has 0 aliphatic carbocycles. The Morgan fingerprint density at radius 2 is 2.12 bits per heavy atom. The Bertz CT molecular complexity index is 358. The van der Waals surface area contributed by atoms with E-state index in [1.807, 2.05) is 38.1 Å². The molecule has 94 valence electrons. The molecule has 0 aliphatic rings. The number of unbranched alkanes of at least 4 members (excludes halogenated alkanes) is 1. The van der Waals surface area contributed by atoms with E-state index in [9.17, 15) is 4.79 Å². The van der Waals surface area contributed by atoms with Crippen molar-refractivity contribution in [3.05, 3.63) is 29.8 Å². The van der Waals surface area contributed by atoms with Crippen molar-refractivity contribution in [1.82, 2.24) is 0 Å². The van der Waals surface area contributed by atoms with Crippen LogP contribution in [0.3, 0.4) is 0 Å². The first-order valence-corrected chi connectivity index (χ1v) is 6.05. The van der Waals surface area contributed by atoms with Crippen molar-refractivity contribution in [3.63, 3.8) is 0 Å². The SMILES string of the molecule is CC(C)Oc1cccc(CCCCC(=O)O)c1. The summed E-state index contributed by atoms with van der Waals surface area (Å²) in [5, 5.41) is 8.53. The van der Waals surface area contributed by atoms with Crippen LogP contribution >= 0.6 is 0 Å². The lowest BCUT2D eigenvalue weighted by molar-refractivity contribution is -0.137. The standard InChI is InChI=1S/C14H20O3/c1-11(2)17-13-8-5-7-12(10-13)6-3-4-9-14(15)16/h5,7-8,10-11H,3-4,6,9H2,1-2H3,(H,15,16). The first-order chi connectivity index (χ1) is 8.08. The van der Waals surface area contributed by atoms with Gasteiger partial charge in [0.1, 0.15) is 5.75 Å². The number of carboxylic acids is 1. The van der Waals surface area contributed by atoms with Gasteiger partial charge in [-0.1, -0.05) is 12.1 Å². The van der Waals surface area contributed by atoms with Gasteiger partial charge in [0, 0.05) is 6.42 Å². The van der Waals surface area contributed by atoms with E-state index >= 15 is 0 Å². The molecule has 0 saturated carbocycles. The van der Waals surface area contributed by atoms with Gasteiger partial charge in [-0.15, -0.1) is 0 Å². The molecule has 0 unspecified atom stereocenters. The summed E-state index contributed by atoms with van der Waals surface area (Å²) in [6.45, 7) is 4.00. The van der Waals surface area contributed by atoms with Gasteiger partial charge in [-0.3, -0.25) is 4.79 Å². The second kappa shape index (κ2) is 6.94. The lowest BCUT2D eigenvalue weighted by Crippen LogP contribution is -2.05. The summed E-state index contributed by atoms with van der Waals surface area (Å²) in [6.07, 6.45) is 2.96. The van der Waals surface area contributed by atoms with Crippen molar-refractivity contribution in [1.29, 1.82) is 0 Å². The van der Waals surface area contributed by atoms with E-state index in [0.29, 0.717) is 0 Å². The number of carboxylic acid groups (broad SMARTS) is 1. The topological polar surface area (TPSA) is 46.5 Å². The Morgan fingerprint density at radius 1 is 1.35 bits per heavy atom. The highest BCUT2D eigenvalue weighted by Crippen LogP contribution is 2.16. The summed E-state index contributed by atoms with van der Waals surface area (Å²) in [5.74, 6) is 0.164. The fourth-order valence-corrected chi connectivity index (χ4v) is 1.65. The number of rotatable bonds is 7. The second-order valence-corrected chi connectivity index (χ2v) is 4.41. The zero-order valence-corrected chi connectivity index (χ0v) is 10.5. The summed E-state index contributed by atoms with van der Waals surface area (Å²) in [5.41, 5.74) is 1.20. The van der Waals surface area contributed by atoms with E-state index in [2.05, 4.69) is 0 Å². The molecule has 0 amide bonds. The number of aryl methyl sites for hydroxylation is 1. The molecule has 0 heterocycles. The zero-order valence-electron chi connectivity index (χ0n) is 10.5. The van der Waals surface area contributed by atoms with Gasteiger partial charge in [-0.05, 0) is 50.8 Å². The minimum Gasteiger partial charge on any atom is -0.491 e. The Hall–Kier alpha value is -1.51. The van der Waals surface area contributed by atoms with Gasteiger partial charge < -0.3 is 9.84 Å². The Balaban J connectivity index is 2.40.